The lowest BCUT2D eigenvalue weighted by Crippen LogP contribution is -2.18. The maximum Gasteiger partial charge on any atom is 0.105 e. The molecule has 0 aliphatic heterocycles. The Morgan fingerprint density at radius 1 is 1.44 bits per heavy atom. The van der Waals surface area contributed by atoms with Crippen LogP contribution in [0.15, 0.2) is 18.2 Å². The van der Waals surface area contributed by atoms with E-state index in [1.165, 1.54) is 12.1 Å². The summed E-state index contributed by atoms with van der Waals surface area (Å²) in [6.07, 6.45) is -1.67. The van der Waals surface area contributed by atoms with Gasteiger partial charge < -0.3 is 15.9 Å². The number of hydrogen-bond donors (Lipinski definition) is 3. The summed E-state index contributed by atoms with van der Waals surface area (Å²) in [6.45, 7) is 0. The van der Waals surface area contributed by atoms with E-state index in [9.17, 15) is 10.2 Å². The van der Waals surface area contributed by atoms with E-state index in [2.05, 4.69) is 0 Å². The summed E-state index contributed by atoms with van der Waals surface area (Å²) >= 11 is 5.47. The number of nitrogens with two attached hydrogens (primary N) is 1. The van der Waals surface area contributed by atoms with Crippen LogP contribution in [0.1, 0.15) is 23.7 Å². The van der Waals surface area contributed by atoms with Crippen LogP contribution < -0.4 is 5.73 Å². The van der Waals surface area contributed by atoms with Crippen molar-refractivity contribution in [2.75, 3.05) is 11.6 Å². The predicted octanol–water partition coefficient (Wildman–Crippen LogP) is 1.16. The molecule has 0 aliphatic carbocycles. The summed E-state index contributed by atoms with van der Waals surface area (Å²) in [5.74, 6) is 0.268. The standard InChI is InChI=1S/C11H13ClN2O2/c12-4-3-10(15)11(16)7-1-2-8(6-13)9(14)5-7/h1-2,5,10-11,15-16H,3-4,14H2. The minimum atomic E-state index is -1.03. The van der Waals surface area contributed by atoms with Crippen LogP contribution in [0.5, 0.6) is 0 Å². The highest BCUT2D eigenvalue weighted by molar-refractivity contribution is 6.17. The first kappa shape index (κ1) is 12.8. The molecular weight excluding hydrogens is 228 g/mol. The van der Waals surface area contributed by atoms with Crippen LogP contribution in [0.25, 0.3) is 0 Å². The molecule has 1 aromatic carbocycles. The van der Waals surface area contributed by atoms with Gasteiger partial charge in [-0.15, -0.1) is 11.6 Å². The molecule has 2 atom stereocenters. The Balaban J connectivity index is 2.89. The highest BCUT2D eigenvalue weighted by atomic mass is 35.5. The van der Waals surface area contributed by atoms with Gasteiger partial charge in [0.15, 0.2) is 0 Å². The van der Waals surface area contributed by atoms with Crippen LogP contribution in [-0.4, -0.2) is 22.2 Å². The van der Waals surface area contributed by atoms with Crippen LogP contribution in [0.4, 0.5) is 5.69 Å². The lowest BCUT2D eigenvalue weighted by Gasteiger charge is -2.17. The van der Waals surface area contributed by atoms with Crippen molar-refractivity contribution in [2.45, 2.75) is 18.6 Å². The van der Waals surface area contributed by atoms with Crippen molar-refractivity contribution >= 4 is 17.3 Å². The number of hydrogen-bond acceptors (Lipinski definition) is 4. The third-order valence-electron chi connectivity index (χ3n) is 2.31. The fourth-order valence-corrected chi connectivity index (χ4v) is 1.58. The number of nitrogen functional groups attached to an aromatic ring is 1. The van der Waals surface area contributed by atoms with Crippen LogP contribution >= 0.6 is 11.6 Å². The molecular formula is C11H13ClN2O2. The normalized spacial score (nSPS) is 14.1. The monoisotopic (exact) mass is 240 g/mol. The number of rotatable bonds is 4. The quantitative estimate of drug-likeness (QED) is 0.544. The number of alkyl halides is 1. The van der Waals surface area contributed by atoms with Crippen LogP contribution in [0, 0.1) is 11.3 Å². The Kier molecular flexibility index (Phi) is 4.56. The summed E-state index contributed by atoms with van der Waals surface area (Å²) < 4.78 is 0. The van der Waals surface area contributed by atoms with Crippen molar-refractivity contribution in [3.63, 3.8) is 0 Å². The molecule has 0 radical (unpaired) electrons. The first-order valence-electron chi connectivity index (χ1n) is 4.81. The second kappa shape index (κ2) is 5.71. The molecule has 4 nitrogen and oxygen atoms in total. The molecule has 16 heavy (non-hydrogen) atoms. The Labute approximate surface area is 98.9 Å². The van der Waals surface area contributed by atoms with E-state index in [0.29, 0.717) is 17.5 Å². The molecule has 1 rings (SSSR count). The molecule has 1 aromatic rings. The summed E-state index contributed by atoms with van der Waals surface area (Å²) in [7, 11) is 0. The average Bonchev–Trinajstić information content (AvgIpc) is 2.28. The molecule has 5 heteroatoms. The van der Waals surface area contributed by atoms with Gasteiger partial charge in [-0.2, -0.15) is 5.26 Å². The van der Waals surface area contributed by atoms with Gasteiger partial charge in [0.05, 0.1) is 11.7 Å². The SMILES string of the molecule is N#Cc1ccc(C(O)C(O)CCCl)cc1N. The van der Waals surface area contributed by atoms with Gasteiger partial charge in [-0.3, -0.25) is 0 Å². The summed E-state index contributed by atoms with van der Waals surface area (Å²) in [4.78, 5) is 0. The molecule has 0 saturated heterocycles. The first-order chi connectivity index (χ1) is 7.60. The first-order valence-corrected chi connectivity index (χ1v) is 5.35. The Hall–Kier alpha value is -1.28. The number of aliphatic hydroxyl groups is 2. The van der Waals surface area contributed by atoms with Crippen molar-refractivity contribution in [1.29, 1.82) is 5.26 Å². The minimum absolute atomic E-state index is 0.268. The number of benzene rings is 1. The van der Waals surface area contributed by atoms with Crippen molar-refractivity contribution in [3.8, 4) is 6.07 Å². The second-order valence-corrected chi connectivity index (χ2v) is 3.83. The maximum absolute atomic E-state index is 9.76. The Morgan fingerprint density at radius 3 is 2.62 bits per heavy atom. The molecule has 0 bridgehead atoms. The van der Waals surface area contributed by atoms with Gasteiger partial charge in [-0.1, -0.05) is 6.07 Å². The van der Waals surface area contributed by atoms with Gasteiger partial charge in [-0.05, 0) is 24.1 Å². The molecule has 0 fully saturated rings. The van der Waals surface area contributed by atoms with Crippen molar-refractivity contribution in [2.24, 2.45) is 0 Å². The van der Waals surface area contributed by atoms with E-state index in [1.54, 1.807) is 6.07 Å². The predicted molar refractivity (Wildman–Crippen MR) is 61.9 cm³/mol. The second-order valence-electron chi connectivity index (χ2n) is 3.45. The molecule has 86 valence electrons. The van der Waals surface area contributed by atoms with Gasteiger partial charge in [0.1, 0.15) is 12.2 Å². The largest absolute Gasteiger partial charge is 0.398 e. The highest BCUT2D eigenvalue weighted by Crippen LogP contribution is 2.23. The fraction of sp³-hybridized carbons (Fsp3) is 0.364. The number of halogens is 1. The van der Waals surface area contributed by atoms with Crippen molar-refractivity contribution in [1.82, 2.24) is 0 Å². The van der Waals surface area contributed by atoms with Crippen LogP contribution in [0.2, 0.25) is 0 Å². The van der Waals surface area contributed by atoms with Crippen molar-refractivity contribution < 1.29 is 10.2 Å². The van der Waals surface area contributed by atoms with Crippen LogP contribution in [0.3, 0.4) is 0 Å². The number of nitriles is 1. The number of nitrogens with zero attached hydrogens (tertiary/aromatic N) is 1. The van der Waals surface area contributed by atoms with E-state index in [0.717, 1.165) is 0 Å². The molecule has 0 spiro atoms. The molecule has 4 N–H and O–H groups in total. The summed E-state index contributed by atoms with van der Waals surface area (Å²) in [6, 6.07) is 6.49. The van der Waals surface area contributed by atoms with Crippen LogP contribution in [-0.2, 0) is 0 Å². The topological polar surface area (TPSA) is 90.3 Å². The third kappa shape index (κ3) is 2.86. The highest BCUT2D eigenvalue weighted by Gasteiger charge is 2.18. The molecule has 0 aromatic heterocycles. The lowest BCUT2D eigenvalue weighted by molar-refractivity contribution is 0.0170. The molecule has 0 saturated carbocycles. The van der Waals surface area contributed by atoms with Gasteiger partial charge in [0.25, 0.3) is 0 Å². The number of aliphatic hydroxyl groups excluding tert-OH is 2. The zero-order valence-corrected chi connectivity index (χ0v) is 9.35. The van der Waals surface area contributed by atoms with Gasteiger partial charge in [-0.25, -0.2) is 0 Å². The minimum Gasteiger partial charge on any atom is -0.398 e. The lowest BCUT2D eigenvalue weighted by atomic mass is 10.0. The molecule has 0 heterocycles. The van der Waals surface area contributed by atoms with Crippen molar-refractivity contribution in [3.05, 3.63) is 29.3 Å². The van der Waals surface area contributed by atoms with E-state index in [1.807, 2.05) is 6.07 Å². The third-order valence-corrected chi connectivity index (χ3v) is 2.53. The summed E-state index contributed by atoms with van der Waals surface area (Å²) in [5, 5.41) is 28.0. The summed E-state index contributed by atoms with van der Waals surface area (Å²) in [5.41, 5.74) is 6.72. The molecule has 0 amide bonds. The maximum atomic E-state index is 9.76. The smallest absolute Gasteiger partial charge is 0.105 e. The zero-order chi connectivity index (χ0) is 12.1. The Morgan fingerprint density at radius 2 is 2.12 bits per heavy atom. The molecule has 2 unspecified atom stereocenters. The van der Waals surface area contributed by atoms with E-state index in [-0.39, 0.29) is 11.6 Å². The zero-order valence-electron chi connectivity index (χ0n) is 8.60. The van der Waals surface area contributed by atoms with Gasteiger partial charge >= 0.3 is 0 Å². The van der Waals surface area contributed by atoms with E-state index >= 15 is 0 Å². The Bertz CT molecular complexity index is 403. The van der Waals surface area contributed by atoms with E-state index < -0.39 is 12.2 Å². The van der Waals surface area contributed by atoms with Gasteiger partial charge in [0.2, 0.25) is 0 Å². The fourth-order valence-electron chi connectivity index (χ4n) is 1.36. The number of anilines is 1. The van der Waals surface area contributed by atoms with E-state index in [4.69, 9.17) is 22.6 Å². The average molecular weight is 241 g/mol. The van der Waals surface area contributed by atoms with Gasteiger partial charge in [0, 0.05) is 11.6 Å². The molecule has 0 aliphatic rings.